The van der Waals surface area contributed by atoms with Gasteiger partial charge in [-0.05, 0) is 55.5 Å². The lowest BCUT2D eigenvalue weighted by atomic mass is 10.0. The Morgan fingerprint density at radius 2 is 1.96 bits per heavy atom. The second-order valence-electron chi connectivity index (χ2n) is 6.51. The number of aryl methyl sites for hydroxylation is 2. The van der Waals surface area contributed by atoms with Gasteiger partial charge in [-0.15, -0.1) is 0 Å². The Hall–Kier alpha value is -2.40. The van der Waals surface area contributed by atoms with Crippen LogP contribution < -0.4 is 5.56 Å². The number of benzene rings is 2. The summed E-state index contributed by atoms with van der Waals surface area (Å²) in [7, 11) is 0. The van der Waals surface area contributed by atoms with Crippen LogP contribution in [-0.2, 0) is 19.4 Å². The molecule has 1 aliphatic carbocycles. The molecule has 1 heterocycles. The molecule has 4 nitrogen and oxygen atoms in total. The first-order valence-electron chi connectivity index (χ1n) is 8.94. The molecule has 0 aliphatic heterocycles. The third-order valence-electron chi connectivity index (χ3n) is 4.90. The molecule has 132 valence electrons. The number of rotatable bonds is 5. The SMILES string of the molecule is CCn1c(SCC(=O)c2ccc3c(c2)CCC3)nc2ccccc2c1=O. The third kappa shape index (κ3) is 3.07. The molecule has 0 radical (unpaired) electrons. The van der Waals surface area contributed by atoms with Crippen molar-refractivity contribution in [2.24, 2.45) is 0 Å². The summed E-state index contributed by atoms with van der Waals surface area (Å²) in [6, 6.07) is 13.4. The Bertz CT molecular complexity index is 1060. The van der Waals surface area contributed by atoms with Crippen LogP contribution in [0.4, 0.5) is 0 Å². The van der Waals surface area contributed by atoms with Crippen molar-refractivity contribution in [3.05, 3.63) is 69.5 Å². The van der Waals surface area contributed by atoms with Gasteiger partial charge in [0, 0.05) is 12.1 Å². The van der Waals surface area contributed by atoms with Gasteiger partial charge in [0.25, 0.3) is 5.56 Å². The molecule has 5 heteroatoms. The van der Waals surface area contributed by atoms with E-state index in [4.69, 9.17) is 0 Å². The zero-order valence-corrected chi connectivity index (χ0v) is 15.5. The van der Waals surface area contributed by atoms with Gasteiger partial charge in [-0.2, -0.15) is 0 Å². The van der Waals surface area contributed by atoms with E-state index in [2.05, 4.69) is 11.1 Å². The number of thioether (sulfide) groups is 1. The number of Topliss-reactive ketones (excluding diaryl/α,β-unsaturated/α-hetero) is 1. The Labute approximate surface area is 156 Å². The topological polar surface area (TPSA) is 52.0 Å². The quantitative estimate of drug-likeness (QED) is 0.392. The number of carbonyl (C=O) groups is 1. The Morgan fingerprint density at radius 3 is 2.81 bits per heavy atom. The maximum Gasteiger partial charge on any atom is 0.262 e. The number of fused-ring (bicyclic) bond motifs is 2. The minimum absolute atomic E-state index is 0.0504. The van der Waals surface area contributed by atoms with E-state index < -0.39 is 0 Å². The summed E-state index contributed by atoms with van der Waals surface area (Å²) in [5, 5.41) is 1.22. The summed E-state index contributed by atoms with van der Waals surface area (Å²) in [6.45, 7) is 2.45. The molecule has 0 unspecified atom stereocenters. The van der Waals surface area contributed by atoms with E-state index in [1.54, 1.807) is 10.6 Å². The first kappa shape index (κ1) is 17.0. The Kier molecular flexibility index (Phi) is 4.64. The number of hydrogen-bond acceptors (Lipinski definition) is 4. The van der Waals surface area contributed by atoms with Crippen molar-refractivity contribution in [2.75, 3.05) is 5.75 Å². The lowest BCUT2D eigenvalue weighted by molar-refractivity contribution is 0.102. The van der Waals surface area contributed by atoms with E-state index in [-0.39, 0.29) is 17.1 Å². The third-order valence-corrected chi connectivity index (χ3v) is 5.87. The van der Waals surface area contributed by atoms with Crippen molar-refractivity contribution >= 4 is 28.4 Å². The van der Waals surface area contributed by atoms with Crippen LogP contribution in [0.5, 0.6) is 0 Å². The highest BCUT2D eigenvalue weighted by molar-refractivity contribution is 7.99. The van der Waals surface area contributed by atoms with Gasteiger partial charge in [0.15, 0.2) is 10.9 Å². The van der Waals surface area contributed by atoms with Gasteiger partial charge in [-0.3, -0.25) is 14.2 Å². The highest BCUT2D eigenvalue weighted by Gasteiger charge is 2.16. The number of aromatic nitrogens is 2. The van der Waals surface area contributed by atoms with E-state index in [0.717, 1.165) is 18.4 Å². The summed E-state index contributed by atoms with van der Waals surface area (Å²) in [6.07, 6.45) is 3.35. The van der Waals surface area contributed by atoms with Gasteiger partial charge in [0.05, 0.1) is 16.7 Å². The molecule has 0 N–H and O–H groups in total. The summed E-state index contributed by atoms with van der Waals surface area (Å²) >= 11 is 1.34. The summed E-state index contributed by atoms with van der Waals surface area (Å²) in [4.78, 5) is 29.9. The average molecular weight is 364 g/mol. The molecule has 1 aliphatic rings. The molecule has 4 rings (SSSR count). The molecule has 0 atom stereocenters. The summed E-state index contributed by atoms with van der Waals surface area (Å²) < 4.78 is 1.64. The highest BCUT2D eigenvalue weighted by Crippen LogP contribution is 2.24. The second kappa shape index (κ2) is 7.08. The molecule has 2 aromatic carbocycles. The minimum Gasteiger partial charge on any atom is -0.293 e. The molecule has 26 heavy (non-hydrogen) atoms. The van der Waals surface area contributed by atoms with Crippen molar-refractivity contribution in [3.8, 4) is 0 Å². The predicted molar refractivity (Wildman–Crippen MR) is 105 cm³/mol. The van der Waals surface area contributed by atoms with Crippen LogP contribution in [0.3, 0.4) is 0 Å². The van der Waals surface area contributed by atoms with E-state index in [9.17, 15) is 9.59 Å². The first-order chi connectivity index (χ1) is 12.7. The van der Waals surface area contributed by atoms with Crippen molar-refractivity contribution in [2.45, 2.75) is 37.9 Å². The molecular formula is C21H20N2O2S. The monoisotopic (exact) mass is 364 g/mol. The molecule has 0 spiro atoms. The molecular weight excluding hydrogens is 344 g/mol. The van der Waals surface area contributed by atoms with Crippen LogP contribution in [-0.4, -0.2) is 21.1 Å². The minimum atomic E-state index is -0.0504. The van der Waals surface area contributed by atoms with Gasteiger partial charge in [-0.1, -0.05) is 36.0 Å². The van der Waals surface area contributed by atoms with Gasteiger partial charge in [0.2, 0.25) is 0 Å². The fraction of sp³-hybridized carbons (Fsp3) is 0.286. The van der Waals surface area contributed by atoms with Crippen LogP contribution in [0.25, 0.3) is 10.9 Å². The number of hydrogen-bond donors (Lipinski definition) is 0. The fourth-order valence-electron chi connectivity index (χ4n) is 3.50. The van der Waals surface area contributed by atoms with Crippen molar-refractivity contribution in [1.29, 1.82) is 0 Å². The molecule has 0 saturated heterocycles. The molecule has 0 amide bonds. The number of carbonyl (C=O) groups excluding carboxylic acids is 1. The van der Waals surface area contributed by atoms with Gasteiger partial charge in [0.1, 0.15) is 0 Å². The number of ketones is 1. The zero-order chi connectivity index (χ0) is 18.1. The summed E-state index contributed by atoms with van der Waals surface area (Å²) in [5.41, 5.74) is 4.05. The second-order valence-corrected chi connectivity index (χ2v) is 7.45. The van der Waals surface area contributed by atoms with Crippen molar-refractivity contribution in [1.82, 2.24) is 9.55 Å². The molecule has 0 bridgehead atoms. The highest BCUT2D eigenvalue weighted by atomic mass is 32.2. The van der Waals surface area contributed by atoms with Crippen molar-refractivity contribution < 1.29 is 4.79 Å². The maximum atomic E-state index is 12.6. The normalized spacial score (nSPS) is 13.1. The predicted octanol–water partition coefficient (Wildman–Crippen LogP) is 3.88. The fourth-order valence-corrected chi connectivity index (χ4v) is 4.45. The van der Waals surface area contributed by atoms with E-state index in [1.807, 2.05) is 37.3 Å². The van der Waals surface area contributed by atoms with Gasteiger partial charge >= 0.3 is 0 Å². The maximum absolute atomic E-state index is 12.6. The van der Waals surface area contributed by atoms with E-state index in [1.165, 1.54) is 29.3 Å². The lowest BCUT2D eigenvalue weighted by Gasteiger charge is -2.11. The van der Waals surface area contributed by atoms with E-state index >= 15 is 0 Å². The van der Waals surface area contributed by atoms with Gasteiger partial charge in [-0.25, -0.2) is 4.98 Å². The van der Waals surface area contributed by atoms with Gasteiger partial charge < -0.3 is 0 Å². The number of nitrogens with zero attached hydrogens (tertiary/aromatic N) is 2. The number of para-hydroxylation sites is 1. The standard InChI is InChI=1S/C21H20N2O2S/c1-2-23-20(25)17-8-3-4-9-18(17)22-21(23)26-13-19(24)16-11-10-14-6-5-7-15(14)12-16/h3-4,8-12H,2,5-7,13H2,1H3. The average Bonchev–Trinajstić information content (AvgIpc) is 3.14. The zero-order valence-electron chi connectivity index (χ0n) is 14.7. The Balaban J connectivity index is 1.59. The van der Waals surface area contributed by atoms with Crippen LogP contribution in [0.1, 0.15) is 34.8 Å². The van der Waals surface area contributed by atoms with Crippen LogP contribution in [0, 0.1) is 0 Å². The van der Waals surface area contributed by atoms with Crippen LogP contribution in [0.2, 0.25) is 0 Å². The molecule has 0 saturated carbocycles. The lowest BCUT2D eigenvalue weighted by Crippen LogP contribution is -2.22. The van der Waals surface area contributed by atoms with Crippen LogP contribution >= 0.6 is 11.8 Å². The van der Waals surface area contributed by atoms with Crippen LogP contribution in [0.15, 0.2) is 52.4 Å². The van der Waals surface area contributed by atoms with E-state index in [0.29, 0.717) is 22.6 Å². The smallest absolute Gasteiger partial charge is 0.262 e. The Morgan fingerprint density at radius 1 is 1.15 bits per heavy atom. The first-order valence-corrected chi connectivity index (χ1v) is 9.93. The molecule has 3 aromatic rings. The van der Waals surface area contributed by atoms with Crippen molar-refractivity contribution in [3.63, 3.8) is 0 Å². The molecule has 1 aromatic heterocycles. The summed E-state index contributed by atoms with van der Waals surface area (Å²) in [5.74, 6) is 0.360. The molecule has 0 fully saturated rings. The largest absolute Gasteiger partial charge is 0.293 e.